The number of aliphatic hydroxyl groups excluding tert-OH is 1. The monoisotopic (exact) mass is 929 g/mol. The van der Waals surface area contributed by atoms with Crippen molar-refractivity contribution in [2.75, 3.05) is 13.2 Å². The molecule has 0 radical (unpaired) electrons. The number of carbonyl (C=O) groups is 2. The molecule has 0 aliphatic heterocycles. The Morgan fingerprint density at radius 3 is 0.897 bits per heavy atom. The van der Waals surface area contributed by atoms with Crippen LogP contribution in [0.25, 0.3) is 0 Å². The van der Waals surface area contributed by atoms with Crippen molar-refractivity contribution in [3.05, 3.63) is 194 Å². The molecule has 0 heterocycles. The third-order valence-corrected chi connectivity index (χ3v) is 9.88. The topological polar surface area (TPSA) is 72.8 Å². The number of esters is 2. The molecule has 0 aromatic carbocycles. The summed E-state index contributed by atoms with van der Waals surface area (Å²) >= 11 is 0. The molecule has 0 aromatic rings. The lowest BCUT2D eigenvalue weighted by Crippen LogP contribution is -2.28. The Balaban J connectivity index is 3.78. The number of hydrogen-bond donors (Lipinski definition) is 1. The van der Waals surface area contributed by atoms with Crippen molar-refractivity contribution in [3.8, 4) is 0 Å². The van der Waals surface area contributed by atoms with E-state index in [1.807, 2.05) is 0 Å². The molecule has 0 bridgehead atoms. The highest BCUT2D eigenvalue weighted by atomic mass is 16.6. The van der Waals surface area contributed by atoms with Crippen molar-refractivity contribution in [1.82, 2.24) is 0 Å². The van der Waals surface area contributed by atoms with Gasteiger partial charge in [0.05, 0.1) is 6.61 Å². The van der Waals surface area contributed by atoms with Gasteiger partial charge in [0.1, 0.15) is 6.61 Å². The van der Waals surface area contributed by atoms with E-state index < -0.39 is 6.10 Å². The second-order valence-corrected chi connectivity index (χ2v) is 16.1. The number of aliphatic hydroxyl groups is 1. The van der Waals surface area contributed by atoms with E-state index in [4.69, 9.17) is 9.47 Å². The molecule has 0 saturated heterocycles. The summed E-state index contributed by atoms with van der Waals surface area (Å²) in [5, 5.41) is 9.62. The molecule has 1 atom stereocenters. The minimum atomic E-state index is -0.832. The molecule has 5 nitrogen and oxygen atoms in total. The summed E-state index contributed by atoms with van der Waals surface area (Å²) in [5.41, 5.74) is 0. The zero-order chi connectivity index (χ0) is 49.2. The van der Waals surface area contributed by atoms with Crippen LogP contribution in [0.1, 0.15) is 168 Å². The lowest BCUT2D eigenvalue weighted by Gasteiger charge is -2.15. The molecule has 68 heavy (non-hydrogen) atoms. The summed E-state index contributed by atoms with van der Waals surface area (Å²) < 4.78 is 10.6. The molecule has 1 unspecified atom stereocenters. The first kappa shape index (κ1) is 62.7. The van der Waals surface area contributed by atoms with E-state index in [2.05, 4.69) is 208 Å². The van der Waals surface area contributed by atoms with Crippen LogP contribution in [0, 0.1) is 0 Å². The summed E-state index contributed by atoms with van der Waals surface area (Å²) in [4.78, 5) is 24.4. The van der Waals surface area contributed by atoms with Gasteiger partial charge in [0.25, 0.3) is 0 Å². The Morgan fingerprint density at radius 1 is 0.338 bits per heavy atom. The first-order valence-corrected chi connectivity index (χ1v) is 26.0. The molecule has 0 aliphatic rings. The first-order valence-electron chi connectivity index (χ1n) is 26.0. The molecule has 0 amide bonds. The van der Waals surface area contributed by atoms with E-state index in [9.17, 15) is 14.7 Å². The maximum atomic E-state index is 12.3. The van der Waals surface area contributed by atoms with Crippen LogP contribution in [0.5, 0.6) is 0 Å². The van der Waals surface area contributed by atoms with Gasteiger partial charge in [0, 0.05) is 12.8 Å². The van der Waals surface area contributed by atoms with Crippen molar-refractivity contribution in [2.24, 2.45) is 0 Å². The molecule has 0 spiro atoms. The molecule has 1 N–H and O–H groups in total. The Kier molecular flexibility index (Phi) is 51.7. The molecule has 0 fully saturated rings. The fraction of sp³-hybridized carbons (Fsp3) is 0.460. The Bertz CT molecular complexity index is 1660. The second kappa shape index (κ2) is 56.1. The maximum absolute atomic E-state index is 12.3. The second-order valence-electron chi connectivity index (χ2n) is 16.1. The number of ether oxygens (including phenoxy) is 2. The van der Waals surface area contributed by atoms with Gasteiger partial charge in [-0.1, -0.05) is 215 Å². The summed E-state index contributed by atoms with van der Waals surface area (Å²) in [6.07, 6.45) is 90.9. The largest absolute Gasteiger partial charge is 0.462 e. The van der Waals surface area contributed by atoms with Crippen molar-refractivity contribution in [2.45, 2.75) is 174 Å². The van der Waals surface area contributed by atoms with Gasteiger partial charge in [-0.2, -0.15) is 0 Å². The van der Waals surface area contributed by atoms with Gasteiger partial charge in [-0.15, -0.1) is 0 Å². The minimum Gasteiger partial charge on any atom is -0.462 e. The van der Waals surface area contributed by atoms with Gasteiger partial charge in [0.2, 0.25) is 0 Å². The number of hydrogen-bond acceptors (Lipinski definition) is 5. The Morgan fingerprint density at radius 2 is 0.603 bits per heavy atom. The predicted molar refractivity (Wildman–Crippen MR) is 296 cm³/mol. The average molecular weight is 929 g/mol. The summed E-state index contributed by atoms with van der Waals surface area (Å²) in [5.74, 6) is -0.720. The zero-order valence-corrected chi connectivity index (χ0v) is 42.5. The lowest BCUT2D eigenvalue weighted by molar-refractivity contribution is -0.161. The Labute approximate surface area is 416 Å². The van der Waals surface area contributed by atoms with Crippen LogP contribution >= 0.6 is 0 Å². The predicted octanol–water partition coefficient (Wildman–Crippen LogP) is 17.7. The smallest absolute Gasteiger partial charge is 0.306 e. The van der Waals surface area contributed by atoms with Crippen molar-refractivity contribution >= 4 is 11.9 Å². The van der Waals surface area contributed by atoms with Crippen LogP contribution in [0.3, 0.4) is 0 Å². The molecule has 5 heteroatoms. The fourth-order valence-corrected chi connectivity index (χ4v) is 6.06. The number of unbranched alkanes of at least 4 members (excludes halogenated alkanes) is 4. The van der Waals surface area contributed by atoms with Gasteiger partial charge >= 0.3 is 11.9 Å². The SMILES string of the molecule is CC/C=C\C/C=C\C/C=C\C/C=C\C/C=C\C/C=C\C/C=C\C/C=C\C/C=C\CCCCCC(=O)OC(CO)COC(=O)CCC/C=C\C/C=C\C/C=C\C/C=C\C/C=C\C/C=C\C/C=C\CC. The highest BCUT2D eigenvalue weighted by Gasteiger charge is 2.16. The van der Waals surface area contributed by atoms with Crippen LogP contribution in [0.4, 0.5) is 0 Å². The van der Waals surface area contributed by atoms with Gasteiger partial charge in [-0.3, -0.25) is 9.59 Å². The van der Waals surface area contributed by atoms with E-state index >= 15 is 0 Å². The number of rotatable bonds is 44. The molecule has 0 aromatic heterocycles. The van der Waals surface area contributed by atoms with E-state index in [0.29, 0.717) is 6.42 Å². The fourth-order valence-electron chi connectivity index (χ4n) is 6.06. The number of allylic oxidation sites excluding steroid dienone is 32. The lowest BCUT2D eigenvalue weighted by atomic mass is 10.1. The summed E-state index contributed by atoms with van der Waals surface area (Å²) in [7, 11) is 0. The van der Waals surface area contributed by atoms with E-state index in [0.717, 1.165) is 135 Å². The van der Waals surface area contributed by atoms with Gasteiger partial charge in [-0.25, -0.2) is 0 Å². The van der Waals surface area contributed by atoms with Crippen molar-refractivity contribution in [3.63, 3.8) is 0 Å². The molecular formula is C63H92O5. The quantitative estimate of drug-likeness (QED) is 0.0374. The third kappa shape index (κ3) is 53.4. The Hall–Kier alpha value is -5.26. The normalized spacial score (nSPS) is 13.9. The molecular weight excluding hydrogens is 837 g/mol. The van der Waals surface area contributed by atoms with Crippen LogP contribution in [0.2, 0.25) is 0 Å². The van der Waals surface area contributed by atoms with Gasteiger partial charge in [-0.05, 0) is 135 Å². The molecule has 0 rings (SSSR count). The minimum absolute atomic E-state index is 0.126. The number of carbonyl (C=O) groups excluding carboxylic acids is 2. The summed E-state index contributed by atoms with van der Waals surface area (Å²) in [6, 6.07) is 0. The summed E-state index contributed by atoms with van der Waals surface area (Å²) in [6.45, 7) is 3.81. The van der Waals surface area contributed by atoms with Crippen LogP contribution in [0.15, 0.2) is 194 Å². The zero-order valence-electron chi connectivity index (χ0n) is 42.5. The van der Waals surface area contributed by atoms with E-state index in [-0.39, 0.29) is 38.0 Å². The third-order valence-electron chi connectivity index (χ3n) is 9.88. The van der Waals surface area contributed by atoms with Crippen molar-refractivity contribution in [1.29, 1.82) is 0 Å². The van der Waals surface area contributed by atoms with Crippen molar-refractivity contribution < 1.29 is 24.2 Å². The van der Waals surface area contributed by atoms with Crippen LogP contribution in [-0.2, 0) is 19.1 Å². The average Bonchev–Trinajstić information content (AvgIpc) is 3.34. The van der Waals surface area contributed by atoms with E-state index in [1.54, 1.807) is 0 Å². The highest BCUT2D eigenvalue weighted by molar-refractivity contribution is 5.70. The van der Waals surface area contributed by atoms with Gasteiger partial charge < -0.3 is 14.6 Å². The molecule has 374 valence electrons. The molecule has 0 saturated carbocycles. The van der Waals surface area contributed by atoms with Gasteiger partial charge in [0.15, 0.2) is 6.10 Å². The first-order chi connectivity index (χ1) is 33.6. The maximum Gasteiger partial charge on any atom is 0.306 e. The highest BCUT2D eigenvalue weighted by Crippen LogP contribution is 2.08. The standard InChI is InChI=1S/C63H92O5/c1-3-5-7-9-11-13-15-17-19-21-23-25-27-28-29-30-31-32-33-34-36-38-40-42-44-46-48-50-52-54-56-58-63(66)68-61(59-64)60-67-62(65)57-55-53-51-49-47-45-43-41-39-37-35-26-24-22-20-18-16-14-12-10-8-6-4-2/h5-8,11-14,17-20,23-26,28-29,31-32,34,36-37,39-40,42-43,45-46,48-49,51,61,64H,3-4,9-10,15-16,21-22,27,30,33,35,38,41,44,47,50,52-60H2,1-2H3/b7-5-,8-6-,13-11-,14-12-,19-17-,20-18-,25-23-,26-24-,29-28-,32-31-,36-34-,39-37-,42-40-,45-43-,48-46-,51-49-. The molecule has 0 aliphatic carbocycles. The van der Waals surface area contributed by atoms with Crippen LogP contribution in [-0.4, -0.2) is 36.4 Å². The van der Waals surface area contributed by atoms with Crippen LogP contribution < -0.4 is 0 Å². The van der Waals surface area contributed by atoms with E-state index in [1.165, 1.54) is 0 Å².